The fraction of sp³-hybridized carbons (Fsp3) is 0.419. The Balaban J connectivity index is 2.21. The van der Waals surface area contributed by atoms with E-state index in [1.54, 1.807) is 27.4 Å². The molecule has 8 nitrogen and oxygen atoms in total. The highest BCUT2D eigenvalue weighted by Gasteiger charge is 2.28. The van der Waals surface area contributed by atoms with Gasteiger partial charge in [-0.2, -0.15) is 0 Å². The largest absolute Gasteiger partial charge is 0.504 e. The Labute approximate surface area is 230 Å². The summed E-state index contributed by atoms with van der Waals surface area (Å²) < 4.78 is 28.8. The Hall–Kier alpha value is -3.62. The molecular weight excluding hydrogens is 500 g/mol. The molecule has 39 heavy (non-hydrogen) atoms. The highest BCUT2D eigenvalue weighted by molar-refractivity contribution is 5.82. The maximum absolute atomic E-state index is 11.2. The molecule has 0 radical (unpaired) electrons. The summed E-state index contributed by atoms with van der Waals surface area (Å²) in [6, 6.07) is 12.4. The third-order valence-electron chi connectivity index (χ3n) is 6.59. The molecule has 0 bridgehead atoms. The quantitative estimate of drug-likeness (QED) is 0.247. The van der Waals surface area contributed by atoms with E-state index in [0.29, 0.717) is 34.1 Å². The predicted octanol–water partition coefficient (Wildman–Crippen LogP) is 5.47. The first kappa shape index (κ1) is 29.9. The zero-order chi connectivity index (χ0) is 28.5. The lowest BCUT2D eigenvalue weighted by Crippen LogP contribution is -2.29. The number of benzene rings is 3. The Morgan fingerprint density at radius 2 is 1.23 bits per heavy atom. The van der Waals surface area contributed by atoms with E-state index in [1.165, 1.54) is 19.2 Å². The summed E-state index contributed by atoms with van der Waals surface area (Å²) in [5, 5.41) is 31.5. The standard InChI is InChI=1S/C31H40O8/c1-7-9-19-13-22(30(38-6)26(15-19)36-4)23-14-20(10-8-2)16-27(37-5)31(23)39-28(18-32)29(34)21-11-12-24(33)25(17-21)35-3/h11-17,28-29,32-34H,7-10,18H2,1-6H3. The number of ether oxygens (including phenoxy) is 5. The molecule has 0 spiro atoms. The number of rotatable bonds is 14. The third kappa shape index (κ3) is 6.69. The first-order valence-corrected chi connectivity index (χ1v) is 13.1. The molecule has 2 atom stereocenters. The van der Waals surface area contributed by atoms with Crippen molar-refractivity contribution in [3.63, 3.8) is 0 Å². The number of phenols is 1. The SMILES string of the molecule is CCCc1cc(OC)c(OC)c(-c2cc(CCC)cc(OC)c2OC(CO)C(O)c2ccc(O)c(OC)c2)c1. The molecule has 2 unspecified atom stereocenters. The number of hydrogen-bond acceptors (Lipinski definition) is 8. The van der Waals surface area contributed by atoms with Gasteiger partial charge in [-0.1, -0.05) is 32.8 Å². The number of hydrogen-bond donors (Lipinski definition) is 3. The minimum atomic E-state index is -1.24. The highest BCUT2D eigenvalue weighted by Crippen LogP contribution is 2.48. The van der Waals surface area contributed by atoms with Crippen molar-refractivity contribution in [3.05, 3.63) is 59.2 Å². The van der Waals surface area contributed by atoms with Crippen molar-refractivity contribution < 1.29 is 39.0 Å². The molecule has 3 rings (SSSR count). The number of aliphatic hydroxyl groups is 2. The molecule has 3 aromatic carbocycles. The van der Waals surface area contributed by atoms with Crippen molar-refractivity contribution in [2.45, 2.75) is 51.7 Å². The topological polar surface area (TPSA) is 107 Å². The smallest absolute Gasteiger partial charge is 0.169 e. The van der Waals surface area contributed by atoms with Gasteiger partial charge in [0.25, 0.3) is 0 Å². The normalized spacial score (nSPS) is 12.5. The molecule has 0 aliphatic rings. The maximum atomic E-state index is 11.2. The van der Waals surface area contributed by atoms with Crippen LogP contribution in [0, 0.1) is 0 Å². The first-order chi connectivity index (χ1) is 18.8. The van der Waals surface area contributed by atoms with Crippen molar-refractivity contribution >= 4 is 0 Å². The summed E-state index contributed by atoms with van der Waals surface area (Å²) in [7, 11) is 6.18. The van der Waals surface area contributed by atoms with Crippen molar-refractivity contribution in [3.8, 4) is 45.6 Å². The second-order valence-electron chi connectivity index (χ2n) is 9.27. The van der Waals surface area contributed by atoms with Crippen LogP contribution < -0.4 is 23.7 Å². The van der Waals surface area contributed by atoms with Crippen LogP contribution >= 0.6 is 0 Å². The molecular formula is C31H40O8. The van der Waals surface area contributed by atoms with Gasteiger partial charge in [0.1, 0.15) is 6.10 Å². The second-order valence-corrected chi connectivity index (χ2v) is 9.27. The van der Waals surface area contributed by atoms with E-state index in [-0.39, 0.29) is 11.5 Å². The van der Waals surface area contributed by atoms with Gasteiger partial charge >= 0.3 is 0 Å². The Kier molecular flexibility index (Phi) is 10.7. The van der Waals surface area contributed by atoms with Crippen LogP contribution in [0.3, 0.4) is 0 Å². The van der Waals surface area contributed by atoms with Crippen LogP contribution in [0.1, 0.15) is 49.5 Å². The summed E-state index contributed by atoms with van der Waals surface area (Å²) in [6.45, 7) is 3.73. The second kappa shape index (κ2) is 14.0. The number of aromatic hydroxyl groups is 1. The maximum Gasteiger partial charge on any atom is 0.169 e. The van der Waals surface area contributed by atoms with E-state index < -0.39 is 18.8 Å². The number of phenolic OH excluding ortho intramolecular Hbond substituents is 1. The molecule has 0 aliphatic carbocycles. The minimum Gasteiger partial charge on any atom is -0.504 e. The van der Waals surface area contributed by atoms with Crippen LogP contribution in [0.2, 0.25) is 0 Å². The first-order valence-electron chi connectivity index (χ1n) is 13.1. The van der Waals surface area contributed by atoms with Crippen molar-refractivity contribution in [1.29, 1.82) is 0 Å². The average molecular weight is 541 g/mol. The Morgan fingerprint density at radius 3 is 1.72 bits per heavy atom. The van der Waals surface area contributed by atoms with Crippen LogP contribution in [0.4, 0.5) is 0 Å². The summed E-state index contributed by atoms with van der Waals surface area (Å²) in [4.78, 5) is 0. The van der Waals surface area contributed by atoms with Crippen LogP contribution in [0.5, 0.6) is 34.5 Å². The lowest BCUT2D eigenvalue weighted by atomic mass is 9.95. The number of methoxy groups -OCH3 is 4. The molecule has 3 N–H and O–H groups in total. The van der Waals surface area contributed by atoms with Crippen molar-refractivity contribution in [2.24, 2.45) is 0 Å². The fourth-order valence-corrected chi connectivity index (χ4v) is 4.67. The zero-order valence-corrected chi connectivity index (χ0v) is 23.6. The molecule has 8 heteroatoms. The molecule has 0 amide bonds. The van der Waals surface area contributed by atoms with E-state index in [0.717, 1.165) is 42.4 Å². The summed E-state index contributed by atoms with van der Waals surface area (Å²) in [5.41, 5.74) is 3.98. The fourth-order valence-electron chi connectivity index (χ4n) is 4.67. The number of aliphatic hydroxyl groups excluding tert-OH is 2. The molecule has 0 saturated heterocycles. The van der Waals surface area contributed by atoms with Crippen LogP contribution in [-0.2, 0) is 12.8 Å². The van der Waals surface area contributed by atoms with Gasteiger partial charge in [-0.05, 0) is 65.9 Å². The van der Waals surface area contributed by atoms with Gasteiger partial charge in [0.15, 0.2) is 40.6 Å². The summed E-state index contributed by atoms with van der Waals surface area (Å²) in [6.07, 6.45) is 1.25. The summed E-state index contributed by atoms with van der Waals surface area (Å²) in [5.74, 6) is 2.11. The minimum absolute atomic E-state index is 0.0570. The average Bonchev–Trinajstić information content (AvgIpc) is 2.95. The Bertz CT molecular complexity index is 1240. The van der Waals surface area contributed by atoms with Gasteiger partial charge in [0.05, 0.1) is 35.0 Å². The molecule has 0 fully saturated rings. The van der Waals surface area contributed by atoms with Gasteiger partial charge in [-0.15, -0.1) is 0 Å². The summed E-state index contributed by atoms with van der Waals surface area (Å²) >= 11 is 0. The molecule has 0 aromatic heterocycles. The monoisotopic (exact) mass is 540 g/mol. The van der Waals surface area contributed by atoms with Crippen LogP contribution in [0.15, 0.2) is 42.5 Å². The van der Waals surface area contributed by atoms with E-state index in [1.807, 2.05) is 18.2 Å². The lowest BCUT2D eigenvalue weighted by Gasteiger charge is -2.27. The van der Waals surface area contributed by atoms with Crippen LogP contribution in [0.25, 0.3) is 11.1 Å². The predicted molar refractivity (Wildman–Crippen MR) is 151 cm³/mol. The molecule has 0 aliphatic heterocycles. The highest BCUT2D eigenvalue weighted by atomic mass is 16.5. The van der Waals surface area contributed by atoms with E-state index in [2.05, 4.69) is 19.9 Å². The van der Waals surface area contributed by atoms with E-state index in [9.17, 15) is 15.3 Å². The van der Waals surface area contributed by atoms with Crippen molar-refractivity contribution in [2.75, 3.05) is 35.0 Å². The Morgan fingerprint density at radius 1 is 0.692 bits per heavy atom. The van der Waals surface area contributed by atoms with Crippen molar-refractivity contribution in [1.82, 2.24) is 0 Å². The third-order valence-corrected chi connectivity index (χ3v) is 6.59. The van der Waals surface area contributed by atoms with Gasteiger partial charge in [-0.25, -0.2) is 0 Å². The van der Waals surface area contributed by atoms with Gasteiger partial charge in [0.2, 0.25) is 0 Å². The van der Waals surface area contributed by atoms with Gasteiger partial charge < -0.3 is 39.0 Å². The van der Waals surface area contributed by atoms with Gasteiger partial charge in [0, 0.05) is 11.1 Å². The zero-order valence-electron chi connectivity index (χ0n) is 23.6. The van der Waals surface area contributed by atoms with E-state index in [4.69, 9.17) is 23.7 Å². The van der Waals surface area contributed by atoms with E-state index >= 15 is 0 Å². The molecule has 212 valence electrons. The molecule has 0 saturated carbocycles. The molecule has 3 aromatic rings. The number of aryl methyl sites for hydroxylation is 2. The van der Waals surface area contributed by atoms with Gasteiger partial charge in [-0.3, -0.25) is 0 Å². The van der Waals surface area contributed by atoms with Crippen LogP contribution in [-0.4, -0.2) is 56.5 Å². The molecule has 0 heterocycles. The lowest BCUT2D eigenvalue weighted by molar-refractivity contribution is -0.000203.